The molecule has 8 heteroatoms. The van der Waals surface area contributed by atoms with E-state index in [1.54, 1.807) is 24.3 Å². The number of imidazole rings is 1. The summed E-state index contributed by atoms with van der Waals surface area (Å²) in [6.45, 7) is 0.555. The predicted molar refractivity (Wildman–Crippen MR) is 102 cm³/mol. The van der Waals surface area contributed by atoms with Gasteiger partial charge in [-0.15, -0.1) is 0 Å². The highest BCUT2D eigenvalue weighted by Crippen LogP contribution is 2.31. The normalized spacial score (nSPS) is 14.7. The van der Waals surface area contributed by atoms with E-state index in [4.69, 9.17) is 11.6 Å². The number of rotatable bonds is 4. The SMILES string of the molecule is O=C(NCc1ccccc1)c1c(-c2ccc(Cl)cc2)nc2n1CCS2(=O)=O. The van der Waals surface area contributed by atoms with Crippen LogP contribution in [0.4, 0.5) is 0 Å². The van der Waals surface area contributed by atoms with Crippen molar-refractivity contribution >= 4 is 27.3 Å². The van der Waals surface area contributed by atoms with Crippen LogP contribution in [-0.4, -0.2) is 29.6 Å². The Balaban J connectivity index is 1.74. The molecular formula is C19H16ClN3O3S. The molecule has 2 aromatic carbocycles. The van der Waals surface area contributed by atoms with Gasteiger partial charge in [-0.25, -0.2) is 13.4 Å². The third-order valence-corrected chi connectivity index (χ3v) is 6.26. The summed E-state index contributed by atoms with van der Waals surface area (Å²) in [5.41, 5.74) is 2.19. The molecular weight excluding hydrogens is 386 g/mol. The Bertz CT molecular complexity index is 1110. The molecule has 0 atom stereocenters. The minimum Gasteiger partial charge on any atom is -0.347 e. The highest BCUT2D eigenvalue weighted by atomic mass is 35.5. The maximum atomic E-state index is 12.9. The number of aromatic nitrogens is 2. The number of sulfone groups is 1. The van der Waals surface area contributed by atoms with E-state index in [9.17, 15) is 13.2 Å². The summed E-state index contributed by atoms with van der Waals surface area (Å²) in [6.07, 6.45) is 0. The molecule has 0 spiro atoms. The summed E-state index contributed by atoms with van der Waals surface area (Å²) < 4.78 is 26.0. The van der Waals surface area contributed by atoms with E-state index in [-0.39, 0.29) is 29.1 Å². The number of amides is 1. The van der Waals surface area contributed by atoms with Crippen LogP contribution in [0.25, 0.3) is 11.3 Å². The number of fused-ring (bicyclic) bond motifs is 1. The first-order valence-electron chi connectivity index (χ1n) is 8.37. The van der Waals surface area contributed by atoms with Crippen LogP contribution < -0.4 is 5.32 Å². The number of halogens is 1. The molecule has 6 nitrogen and oxygen atoms in total. The molecule has 1 amide bonds. The topological polar surface area (TPSA) is 81.1 Å². The quantitative estimate of drug-likeness (QED) is 0.728. The summed E-state index contributed by atoms with van der Waals surface area (Å²) in [5.74, 6) is -0.408. The van der Waals surface area contributed by atoms with Gasteiger partial charge in [0.1, 0.15) is 11.4 Å². The summed E-state index contributed by atoms with van der Waals surface area (Å²) in [7, 11) is -3.48. The largest absolute Gasteiger partial charge is 0.347 e. The molecule has 0 aliphatic carbocycles. The van der Waals surface area contributed by atoms with E-state index < -0.39 is 9.84 Å². The van der Waals surface area contributed by atoms with Gasteiger partial charge in [0.15, 0.2) is 0 Å². The van der Waals surface area contributed by atoms with Crippen LogP contribution in [0.5, 0.6) is 0 Å². The van der Waals surface area contributed by atoms with Gasteiger partial charge in [0.2, 0.25) is 15.0 Å². The molecule has 1 aliphatic heterocycles. The molecule has 138 valence electrons. The molecule has 1 N–H and O–H groups in total. The van der Waals surface area contributed by atoms with E-state index in [2.05, 4.69) is 10.3 Å². The van der Waals surface area contributed by atoms with Crippen molar-refractivity contribution in [3.63, 3.8) is 0 Å². The van der Waals surface area contributed by atoms with Crippen LogP contribution in [0.15, 0.2) is 59.8 Å². The second-order valence-corrected chi connectivity index (χ2v) is 8.68. The molecule has 0 bridgehead atoms. The minimum atomic E-state index is -3.48. The lowest BCUT2D eigenvalue weighted by Gasteiger charge is -2.09. The van der Waals surface area contributed by atoms with Crippen molar-refractivity contribution in [1.82, 2.24) is 14.9 Å². The number of hydrogen-bond acceptors (Lipinski definition) is 4. The van der Waals surface area contributed by atoms with E-state index in [1.165, 1.54) is 4.57 Å². The molecule has 0 saturated heterocycles. The van der Waals surface area contributed by atoms with Gasteiger partial charge in [0.05, 0.1) is 5.75 Å². The van der Waals surface area contributed by atoms with Gasteiger partial charge < -0.3 is 9.88 Å². The lowest BCUT2D eigenvalue weighted by atomic mass is 10.1. The molecule has 2 heterocycles. The highest BCUT2D eigenvalue weighted by molar-refractivity contribution is 7.91. The van der Waals surface area contributed by atoms with Crippen molar-refractivity contribution in [3.8, 4) is 11.3 Å². The number of nitrogens with zero attached hydrogens (tertiary/aromatic N) is 2. The zero-order chi connectivity index (χ0) is 19.0. The number of benzene rings is 2. The molecule has 1 aromatic heterocycles. The molecule has 4 rings (SSSR count). The van der Waals surface area contributed by atoms with Gasteiger partial charge in [-0.1, -0.05) is 54.1 Å². The molecule has 0 saturated carbocycles. The third kappa shape index (κ3) is 3.36. The Morgan fingerprint density at radius 3 is 2.52 bits per heavy atom. The van der Waals surface area contributed by atoms with E-state index >= 15 is 0 Å². The van der Waals surface area contributed by atoms with Gasteiger partial charge in [0.25, 0.3) is 5.91 Å². The first-order chi connectivity index (χ1) is 13.0. The fourth-order valence-corrected chi connectivity index (χ4v) is 4.56. The summed E-state index contributed by atoms with van der Waals surface area (Å²) >= 11 is 5.94. The smallest absolute Gasteiger partial charge is 0.270 e. The van der Waals surface area contributed by atoms with Crippen LogP contribution in [0.2, 0.25) is 5.02 Å². The van der Waals surface area contributed by atoms with Crippen molar-refractivity contribution in [2.45, 2.75) is 18.2 Å². The zero-order valence-electron chi connectivity index (χ0n) is 14.2. The second-order valence-electron chi connectivity index (χ2n) is 6.24. The van der Waals surface area contributed by atoms with Crippen LogP contribution in [0.3, 0.4) is 0 Å². The van der Waals surface area contributed by atoms with Gasteiger partial charge in [-0.2, -0.15) is 0 Å². The van der Waals surface area contributed by atoms with Crippen LogP contribution in [0, 0.1) is 0 Å². The monoisotopic (exact) mass is 401 g/mol. The summed E-state index contributed by atoms with van der Waals surface area (Å²) in [4.78, 5) is 17.2. The van der Waals surface area contributed by atoms with Gasteiger partial charge in [0, 0.05) is 23.7 Å². The molecule has 0 unspecified atom stereocenters. The fourth-order valence-electron chi connectivity index (χ4n) is 3.08. The molecule has 27 heavy (non-hydrogen) atoms. The lowest BCUT2D eigenvalue weighted by Crippen LogP contribution is -2.26. The Hall–Kier alpha value is -2.64. The number of nitrogens with one attached hydrogen (secondary N) is 1. The standard InChI is InChI=1S/C19H16ClN3O3S/c20-15-8-6-14(7-9-15)16-17(23-10-11-27(25,26)19(23)22-16)18(24)21-12-13-4-2-1-3-5-13/h1-9H,10-12H2,(H,21,24). The second kappa shape index (κ2) is 6.83. The summed E-state index contributed by atoms with van der Waals surface area (Å²) in [6, 6.07) is 16.3. The van der Waals surface area contributed by atoms with Crippen LogP contribution in [0.1, 0.15) is 16.1 Å². The first kappa shape index (κ1) is 17.8. The molecule has 0 radical (unpaired) electrons. The van der Waals surface area contributed by atoms with Crippen molar-refractivity contribution in [2.75, 3.05) is 5.75 Å². The van der Waals surface area contributed by atoms with E-state index in [0.717, 1.165) is 5.56 Å². The Kier molecular flexibility index (Phi) is 4.49. The Morgan fingerprint density at radius 2 is 1.81 bits per heavy atom. The van der Waals surface area contributed by atoms with Crippen molar-refractivity contribution < 1.29 is 13.2 Å². The average molecular weight is 402 g/mol. The van der Waals surface area contributed by atoms with Crippen LogP contribution in [-0.2, 0) is 22.9 Å². The number of carbonyl (C=O) groups excluding carboxylic acids is 1. The first-order valence-corrected chi connectivity index (χ1v) is 10.4. The predicted octanol–water partition coefficient (Wildman–Crippen LogP) is 2.92. The van der Waals surface area contributed by atoms with E-state index in [0.29, 0.717) is 22.8 Å². The van der Waals surface area contributed by atoms with Gasteiger partial charge in [-0.05, 0) is 17.7 Å². The molecule has 1 aliphatic rings. The minimum absolute atomic E-state index is 0.0464. The Morgan fingerprint density at radius 1 is 1.11 bits per heavy atom. The van der Waals surface area contributed by atoms with Gasteiger partial charge in [-0.3, -0.25) is 4.79 Å². The highest BCUT2D eigenvalue weighted by Gasteiger charge is 2.35. The maximum absolute atomic E-state index is 12.9. The maximum Gasteiger partial charge on any atom is 0.270 e. The van der Waals surface area contributed by atoms with Crippen molar-refractivity contribution in [3.05, 3.63) is 70.9 Å². The van der Waals surface area contributed by atoms with Crippen molar-refractivity contribution in [2.24, 2.45) is 0 Å². The van der Waals surface area contributed by atoms with Crippen LogP contribution >= 0.6 is 11.6 Å². The summed E-state index contributed by atoms with van der Waals surface area (Å²) in [5, 5.41) is 3.35. The lowest BCUT2D eigenvalue weighted by molar-refractivity contribution is 0.0942. The average Bonchev–Trinajstić information content (AvgIpc) is 3.19. The zero-order valence-corrected chi connectivity index (χ0v) is 15.8. The van der Waals surface area contributed by atoms with Crippen molar-refractivity contribution in [1.29, 1.82) is 0 Å². The van der Waals surface area contributed by atoms with E-state index in [1.807, 2.05) is 30.3 Å². The fraction of sp³-hybridized carbons (Fsp3) is 0.158. The number of hydrogen-bond donors (Lipinski definition) is 1. The van der Waals surface area contributed by atoms with Gasteiger partial charge >= 0.3 is 0 Å². The molecule has 0 fully saturated rings. The third-order valence-electron chi connectivity index (χ3n) is 4.42. The Labute approximate surface area is 161 Å². The number of carbonyl (C=O) groups is 1. The molecule has 3 aromatic rings.